The molecule has 4 aromatic rings. The van der Waals surface area contributed by atoms with Crippen molar-refractivity contribution in [2.45, 2.75) is 31.1 Å². The van der Waals surface area contributed by atoms with Crippen LogP contribution < -0.4 is 16.0 Å². The zero-order valence-corrected chi connectivity index (χ0v) is 27.1. The molecule has 0 saturated heterocycles. The first-order valence-corrected chi connectivity index (χ1v) is 16.6. The standard InChI is InChI=1S/C34H29BrN4O3S2/c1-21-10-15-27-28(19-36)34(44-30(27)16-21)39-31(40)20-43-26-9-5-8-25(18-26)37-33(42)29(17-22-11-13-24(35)14-12-22)38-32(41)23-6-3-2-4-7-23/h2-9,11-14,17-18,21H,10,15-16,20H2,1H3,(H,37,42)(H,38,41)(H,39,40)/b29-17+. The molecule has 222 valence electrons. The molecule has 3 aromatic carbocycles. The number of anilines is 2. The molecule has 1 unspecified atom stereocenters. The van der Waals surface area contributed by atoms with Crippen LogP contribution in [-0.2, 0) is 22.4 Å². The Balaban J connectivity index is 1.25. The molecule has 1 aromatic heterocycles. The van der Waals surface area contributed by atoms with E-state index in [2.05, 4.69) is 44.9 Å². The predicted octanol–water partition coefficient (Wildman–Crippen LogP) is 7.65. The highest BCUT2D eigenvalue weighted by atomic mass is 79.9. The van der Waals surface area contributed by atoms with Gasteiger partial charge < -0.3 is 16.0 Å². The van der Waals surface area contributed by atoms with E-state index in [1.807, 2.05) is 36.4 Å². The third-order valence-electron chi connectivity index (χ3n) is 7.05. The molecule has 1 aliphatic carbocycles. The normalized spacial score (nSPS) is 14.2. The number of halogens is 1. The number of fused-ring (bicyclic) bond motifs is 1. The molecular formula is C34H29BrN4O3S2. The van der Waals surface area contributed by atoms with E-state index in [-0.39, 0.29) is 17.4 Å². The molecule has 0 aliphatic heterocycles. The zero-order valence-electron chi connectivity index (χ0n) is 23.9. The summed E-state index contributed by atoms with van der Waals surface area (Å²) in [4.78, 5) is 41.1. The number of thiophene rings is 1. The average Bonchev–Trinajstić information content (AvgIpc) is 3.36. The maximum absolute atomic E-state index is 13.4. The summed E-state index contributed by atoms with van der Waals surface area (Å²) in [7, 11) is 0. The molecule has 10 heteroatoms. The lowest BCUT2D eigenvalue weighted by atomic mass is 9.89. The van der Waals surface area contributed by atoms with Gasteiger partial charge in [-0.2, -0.15) is 5.26 Å². The number of hydrogen-bond donors (Lipinski definition) is 3. The molecule has 1 aliphatic rings. The lowest BCUT2D eigenvalue weighted by molar-refractivity contribution is -0.114. The number of hydrogen-bond acceptors (Lipinski definition) is 6. The van der Waals surface area contributed by atoms with Gasteiger partial charge in [0, 0.05) is 25.5 Å². The van der Waals surface area contributed by atoms with E-state index in [9.17, 15) is 19.6 Å². The Hall–Kier alpha value is -4.17. The maximum Gasteiger partial charge on any atom is 0.272 e. The van der Waals surface area contributed by atoms with E-state index in [0.717, 1.165) is 39.8 Å². The van der Waals surface area contributed by atoms with Crippen LogP contribution in [0.4, 0.5) is 10.7 Å². The van der Waals surface area contributed by atoms with Crippen LogP contribution in [0.25, 0.3) is 6.08 Å². The van der Waals surface area contributed by atoms with Gasteiger partial charge in [0.05, 0.1) is 11.3 Å². The van der Waals surface area contributed by atoms with Crippen LogP contribution in [0, 0.1) is 17.2 Å². The van der Waals surface area contributed by atoms with Crippen LogP contribution in [0.15, 0.2) is 93.9 Å². The van der Waals surface area contributed by atoms with E-state index < -0.39 is 11.8 Å². The molecule has 0 radical (unpaired) electrons. The van der Waals surface area contributed by atoms with Crippen molar-refractivity contribution in [1.82, 2.24) is 5.32 Å². The molecule has 0 saturated carbocycles. The Morgan fingerprint density at radius 2 is 1.82 bits per heavy atom. The van der Waals surface area contributed by atoms with Crippen molar-refractivity contribution >= 4 is 73.5 Å². The van der Waals surface area contributed by atoms with Crippen LogP contribution >= 0.6 is 39.0 Å². The smallest absolute Gasteiger partial charge is 0.272 e. The van der Waals surface area contributed by atoms with Crippen molar-refractivity contribution in [3.63, 3.8) is 0 Å². The summed E-state index contributed by atoms with van der Waals surface area (Å²) >= 11 is 6.25. The van der Waals surface area contributed by atoms with Gasteiger partial charge in [-0.05, 0) is 84.8 Å². The van der Waals surface area contributed by atoms with Gasteiger partial charge in [-0.25, -0.2) is 0 Å². The fraction of sp³-hybridized carbons (Fsp3) is 0.176. The minimum absolute atomic E-state index is 0.0833. The Labute approximate surface area is 272 Å². The van der Waals surface area contributed by atoms with Crippen LogP contribution in [0.2, 0.25) is 0 Å². The molecule has 1 atom stereocenters. The number of carbonyl (C=O) groups is 3. The molecule has 0 spiro atoms. The van der Waals surface area contributed by atoms with Crippen LogP contribution in [-0.4, -0.2) is 23.5 Å². The summed E-state index contributed by atoms with van der Waals surface area (Å²) in [5.74, 6) is -0.372. The minimum atomic E-state index is -0.489. The average molecular weight is 686 g/mol. The van der Waals surface area contributed by atoms with Crippen molar-refractivity contribution in [3.05, 3.63) is 116 Å². The topological polar surface area (TPSA) is 111 Å². The second kappa shape index (κ2) is 14.5. The lowest BCUT2D eigenvalue weighted by Crippen LogP contribution is -2.30. The molecule has 3 N–H and O–H groups in total. The number of carbonyl (C=O) groups excluding carboxylic acids is 3. The molecule has 44 heavy (non-hydrogen) atoms. The van der Waals surface area contributed by atoms with Crippen LogP contribution in [0.1, 0.15) is 45.3 Å². The quantitative estimate of drug-likeness (QED) is 0.124. The highest BCUT2D eigenvalue weighted by molar-refractivity contribution is 9.10. The second-order valence-electron chi connectivity index (χ2n) is 10.4. The Morgan fingerprint density at radius 3 is 2.57 bits per heavy atom. The highest BCUT2D eigenvalue weighted by Gasteiger charge is 2.24. The number of nitriles is 1. The third kappa shape index (κ3) is 8.05. The van der Waals surface area contributed by atoms with Crippen molar-refractivity contribution in [2.75, 3.05) is 16.4 Å². The Morgan fingerprint density at radius 1 is 1.05 bits per heavy atom. The zero-order chi connectivity index (χ0) is 31.1. The van der Waals surface area contributed by atoms with Gasteiger partial charge in [0.25, 0.3) is 11.8 Å². The molecule has 0 bridgehead atoms. The number of thioether (sulfide) groups is 1. The van der Waals surface area contributed by atoms with Gasteiger partial charge in [0.15, 0.2) is 0 Å². The van der Waals surface area contributed by atoms with Gasteiger partial charge in [-0.1, -0.05) is 59.3 Å². The number of rotatable bonds is 9. The van der Waals surface area contributed by atoms with E-state index >= 15 is 0 Å². The van der Waals surface area contributed by atoms with E-state index in [0.29, 0.717) is 27.7 Å². The molecular weight excluding hydrogens is 656 g/mol. The summed E-state index contributed by atoms with van der Waals surface area (Å²) in [5.41, 5.74) is 3.44. The summed E-state index contributed by atoms with van der Waals surface area (Å²) in [6, 6.07) is 25.5. The number of amides is 3. The number of nitrogens with one attached hydrogen (secondary N) is 3. The van der Waals surface area contributed by atoms with Gasteiger partial charge in [0.2, 0.25) is 5.91 Å². The summed E-state index contributed by atoms with van der Waals surface area (Å²) < 4.78 is 0.895. The maximum atomic E-state index is 13.4. The minimum Gasteiger partial charge on any atom is -0.321 e. The number of nitrogens with zero attached hydrogens (tertiary/aromatic N) is 1. The van der Waals surface area contributed by atoms with Crippen molar-refractivity contribution in [1.29, 1.82) is 5.26 Å². The van der Waals surface area contributed by atoms with Gasteiger partial charge in [0.1, 0.15) is 16.8 Å². The Kier molecular flexibility index (Phi) is 10.3. The monoisotopic (exact) mass is 684 g/mol. The summed E-state index contributed by atoms with van der Waals surface area (Å²) in [6.07, 6.45) is 4.47. The summed E-state index contributed by atoms with van der Waals surface area (Å²) in [5, 5.41) is 18.9. The van der Waals surface area contributed by atoms with Crippen LogP contribution in [0.3, 0.4) is 0 Å². The van der Waals surface area contributed by atoms with E-state index in [1.165, 1.54) is 28.0 Å². The van der Waals surface area contributed by atoms with E-state index in [4.69, 9.17) is 0 Å². The molecule has 1 heterocycles. The fourth-order valence-corrected chi connectivity index (χ4v) is 7.20. The predicted molar refractivity (Wildman–Crippen MR) is 181 cm³/mol. The first-order chi connectivity index (χ1) is 21.3. The summed E-state index contributed by atoms with van der Waals surface area (Å²) in [6.45, 7) is 2.21. The third-order valence-corrected chi connectivity index (χ3v) is 9.74. The second-order valence-corrected chi connectivity index (χ2v) is 13.5. The van der Waals surface area contributed by atoms with Gasteiger partial charge in [-0.15, -0.1) is 23.1 Å². The Bertz CT molecular complexity index is 1760. The first-order valence-electron chi connectivity index (χ1n) is 14.0. The van der Waals surface area contributed by atoms with Gasteiger partial charge >= 0.3 is 0 Å². The molecule has 7 nitrogen and oxygen atoms in total. The van der Waals surface area contributed by atoms with E-state index in [1.54, 1.807) is 48.5 Å². The van der Waals surface area contributed by atoms with Crippen molar-refractivity contribution in [3.8, 4) is 6.07 Å². The van der Waals surface area contributed by atoms with Crippen molar-refractivity contribution < 1.29 is 14.4 Å². The highest BCUT2D eigenvalue weighted by Crippen LogP contribution is 2.39. The van der Waals surface area contributed by atoms with Gasteiger partial charge in [-0.3, -0.25) is 14.4 Å². The fourth-order valence-electron chi connectivity index (χ4n) is 4.80. The van der Waals surface area contributed by atoms with Crippen LogP contribution in [0.5, 0.6) is 0 Å². The SMILES string of the molecule is CC1CCc2c(sc(NC(=O)CSc3cccc(NC(=O)/C(=C\c4ccc(Br)cc4)NC(=O)c4ccccc4)c3)c2C#N)C1. The first kappa shape index (κ1) is 31.3. The largest absolute Gasteiger partial charge is 0.321 e. The molecule has 5 rings (SSSR count). The molecule has 3 amide bonds. The molecule has 0 fully saturated rings. The number of benzene rings is 3. The van der Waals surface area contributed by atoms with Crippen molar-refractivity contribution in [2.24, 2.45) is 5.92 Å². The lowest BCUT2D eigenvalue weighted by Gasteiger charge is -2.17.